The largest absolute Gasteiger partial charge is 0.304 e. The molecule has 0 unspecified atom stereocenters. The van der Waals surface area contributed by atoms with Crippen LogP contribution >= 0.6 is 0 Å². The van der Waals surface area contributed by atoms with Crippen molar-refractivity contribution in [2.75, 3.05) is 0 Å². The number of carbonyl (C=O) groups excluding carboxylic acids is 1. The van der Waals surface area contributed by atoms with Gasteiger partial charge in [0, 0.05) is 27.9 Å². The SMILES string of the molecule is O=C1c2ccccc2-c2c1c1ccccc1c(=O)n2C1CC1. The van der Waals surface area contributed by atoms with Crippen LogP contribution in [-0.2, 0) is 0 Å². The third-order valence-corrected chi connectivity index (χ3v) is 4.69. The Balaban J connectivity index is 2.05. The van der Waals surface area contributed by atoms with E-state index in [0.717, 1.165) is 29.5 Å². The fourth-order valence-electron chi connectivity index (χ4n) is 3.56. The Labute approximate surface area is 126 Å². The minimum Gasteiger partial charge on any atom is -0.304 e. The van der Waals surface area contributed by atoms with Crippen molar-refractivity contribution >= 4 is 16.6 Å². The molecule has 3 nitrogen and oxygen atoms in total. The zero-order valence-electron chi connectivity index (χ0n) is 11.9. The standard InChI is InChI=1S/C19H13NO2/c21-18-14-7-3-2-6-13(14)17-16(18)12-5-1-4-8-15(12)19(22)20(17)11-9-10-11/h1-8,11H,9-10H2. The van der Waals surface area contributed by atoms with Crippen molar-refractivity contribution < 1.29 is 4.79 Å². The highest BCUT2D eigenvalue weighted by Gasteiger charge is 2.36. The van der Waals surface area contributed by atoms with Gasteiger partial charge in [0.15, 0.2) is 5.78 Å². The molecule has 22 heavy (non-hydrogen) atoms. The second kappa shape index (κ2) is 3.95. The van der Waals surface area contributed by atoms with Gasteiger partial charge in [0.2, 0.25) is 0 Å². The van der Waals surface area contributed by atoms with Crippen molar-refractivity contribution in [3.8, 4) is 11.3 Å². The molecule has 0 radical (unpaired) electrons. The van der Waals surface area contributed by atoms with E-state index in [1.54, 1.807) is 0 Å². The van der Waals surface area contributed by atoms with E-state index in [-0.39, 0.29) is 17.4 Å². The second-order valence-corrected chi connectivity index (χ2v) is 6.05. The van der Waals surface area contributed by atoms with Crippen LogP contribution in [0.25, 0.3) is 22.0 Å². The zero-order valence-corrected chi connectivity index (χ0v) is 11.9. The number of aromatic nitrogens is 1. The third kappa shape index (κ3) is 1.36. The lowest BCUT2D eigenvalue weighted by Crippen LogP contribution is -2.22. The minimum atomic E-state index is 0.0290. The van der Waals surface area contributed by atoms with Gasteiger partial charge in [-0.25, -0.2) is 0 Å². The Morgan fingerprint density at radius 2 is 1.45 bits per heavy atom. The minimum absolute atomic E-state index is 0.0290. The lowest BCUT2D eigenvalue weighted by atomic mass is 10.0. The Hall–Kier alpha value is -2.68. The van der Waals surface area contributed by atoms with E-state index >= 15 is 0 Å². The van der Waals surface area contributed by atoms with Crippen LogP contribution in [0.3, 0.4) is 0 Å². The summed E-state index contributed by atoms with van der Waals surface area (Å²) < 4.78 is 1.86. The molecular weight excluding hydrogens is 274 g/mol. The van der Waals surface area contributed by atoms with Crippen LogP contribution in [0.5, 0.6) is 0 Å². The van der Waals surface area contributed by atoms with Crippen LogP contribution in [0.2, 0.25) is 0 Å². The monoisotopic (exact) mass is 287 g/mol. The van der Waals surface area contributed by atoms with Crippen LogP contribution in [0.15, 0.2) is 53.3 Å². The van der Waals surface area contributed by atoms with Gasteiger partial charge in [0.05, 0.1) is 11.3 Å². The molecule has 2 aliphatic rings. The van der Waals surface area contributed by atoms with Gasteiger partial charge in [-0.2, -0.15) is 0 Å². The molecule has 3 heteroatoms. The van der Waals surface area contributed by atoms with E-state index in [0.29, 0.717) is 16.5 Å². The zero-order chi connectivity index (χ0) is 14.8. The number of pyridine rings is 1. The van der Waals surface area contributed by atoms with Crippen molar-refractivity contribution in [2.45, 2.75) is 18.9 Å². The first kappa shape index (κ1) is 11.9. The summed E-state index contributed by atoms with van der Waals surface area (Å²) in [5, 5.41) is 1.43. The van der Waals surface area contributed by atoms with Gasteiger partial charge < -0.3 is 4.57 Å². The maximum atomic E-state index is 12.9. The van der Waals surface area contributed by atoms with Crippen molar-refractivity contribution in [1.29, 1.82) is 0 Å². The summed E-state index contributed by atoms with van der Waals surface area (Å²) >= 11 is 0. The maximum Gasteiger partial charge on any atom is 0.259 e. The number of rotatable bonds is 1. The summed E-state index contributed by atoms with van der Waals surface area (Å²) in [5.74, 6) is 0.0381. The molecule has 1 heterocycles. The summed E-state index contributed by atoms with van der Waals surface area (Å²) in [7, 11) is 0. The predicted octanol–water partition coefficient (Wildman–Crippen LogP) is 3.55. The highest BCUT2D eigenvalue weighted by atomic mass is 16.1. The van der Waals surface area contributed by atoms with E-state index < -0.39 is 0 Å². The number of hydrogen-bond acceptors (Lipinski definition) is 2. The molecule has 2 aromatic carbocycles. The van der Waals surface area contributed by atoms with Crippen LogP contribution in [0.1, 0.15) is 34.8 Å². The van der Waals surface area contributed by atoms with E-state index in [4.69, 9.17) is 0 Å². The fourth-order valence-corrected chi connectivity index (χ4v) is 3.56. The molecule has 2 aliphatic carbocycles. The average molecular weight is 287 g/mol. The number of benzene rings is 2. The van der Waals surface area contributed by atoms with Crippen LogP contribution in [0.4, 0.5) is 0 Å². The van der Waals surface area contributed by atoms with Crippen LogP contribution in [0, 0.1) is 0 Å². The summed E-state index contributed by atoms with van der Waals surface area (Å²) in [6.07, 6.45) is 2.03. The normalized spacial score (nSPS) is 15.9. The average Bonchev–Trinajstić information content (AvgIpc) is 3.34. The first-order valence-electron chi connectivity index (χ1n) is 7.58. The third-order valence-electron chi connectivity index (χ3n) is 4.69. The summed E-state index contributed by atoms with van der Waals surface area (Å²) in [6, 6.07) is 15.3. The number of ketones is 1. The molecule has 1 fully saturated rings. The number of nitrogens with zero attached hydrogens (tertiary/aromatic N) is 1. The quantitative estimate of drug-likeness (QED) is 0.537. The number of hydrogen-bond donors (Lipinski definition) is 0. The van der Waals surface area contributed by atoms with Gasteiger partial charge >= 0.3 is 0 Å². The lowest BCUT2D eigenvalue weighted by molar-refractivity contribution is 0.104. The summed E-state index contributed by atoms with van der Waals surface area (Å²) in [4.78, 5) is 25.8. The fraction of sp³-hybridized carbons (Fsp3) is 0.158. The molecule has 0 amide bonds. The molecule has 0 atom stereocenters. The van der Waals surface area contributed by atoms with Gasteiger partial charge in [-0.3, -0.25) is 9.59 Å². The van der Waals surface area contributed by atoms with Crippen molar-refractivity contribution in [1.82, 2.24) is 4.57 Å². The van der Waals surface area contributed by atoms with E-state index in [2.05, 4.69) is 0 Å². The number of fused-ring (bicyclic) bond motifs is 5. The molecule has 1 aromatic heterocycles. The smallest absolute Gasteiger partial charge is 0.259 e. The van der Waals surface area contributed by atoms with Gasteiger partial charge in [-0.05, 0) is 18.9 Å². The number of carbonyl (C=O) groups is 1. The Morgan fingerprint density at radius 1 is 0.818 bits per heavy atom. The molecule has 0 saturated heterocycles. The van der Waals surface area contributed by atoms with Crippen molar-refractivity contribution in [3.63, 3.8) is 0 Å². The highest BCUT2D eigenvalue weighted by Crippen LogP contribution is 2.44. The van der Waals surface area contributed by atoms with Crippen molar-refractivity contribution in [2.24, 2.45) is 0 Å². The Bertz CT molecular complexity index is 1030. The van der Waals surface area contributed by atoms with E-state index in [9.17, 15) is 9.59 Å². The molecule has 1 saturated carbocycles. The van der Waals surface area contributed by atoms with Gasteiger partial charge in [-0.1, -0.05) is 42.5 Å². The van der Waals surface area contributed by atoms with Crippen LogP contribution in [-0.4, -0.2) is 10.4 Å². The first-order valence-corrected chi connectivity index (χ1v) is 7.58. The van der Waals surface area contributed by atoms with E-state index in [1.807, 2.05) is 53.1 Å². The molecule has 3 aromatic rings. The predicted molar refractivity (Wildman–Crippen MR) is 85.3 cm³/mol. The topological polar surface area (TPSA) is 39.1 Å². The summed E-state index contributed by atoms with van der Waals surface area (Å²) in [6.45, 7) is 0. The van der Waals surface area contributed by atoms with Gasteiger partial charge in [0.25, 0.3) is 5.56 Å². The Morgan fingerprint density at radius 3 is 2.18 bits per heavy atom. The van der Waals surface area contributed by atoms with Gasteiger partial charge in [0.1, 0.15) is 0 Å². The van der Waals surface area contributed by atoms with Crippen molar-refractivity contribution in [3.05, 3.63) is 70.0 Å². The molecule has 0 spiro atoms. The van der Waals surface area contributed by atoms with E-state index in [1.165, 1.54) is 0 Å². The highest BCUT2D eigenvalue weighted by molar-refractivity contribution is 6.26. The molecule has 0 N–H and O–H groups in total. The molecule has 5 rings (SSSR count). The Kier molecular flexibility index (Phi) is 2.14. The summed E-state index contributed by atoms with van der Waals surface area (Å²) in [5.41, 5.74) is 3.16. The van der Waals surface area contributed by atoms with Gasteiger partial charge in [-0.15, -0.1) is 0 Å². The molecule has 0 aliphatic heterocycles. The maximum absolute atomic E-state index is 12.9. The molecular formula is C19H13NO2. The first-order chi connectivity index (χ1) is 10.8. The lowest BCUT2D eigenvalue weighted by Gasteiger charge is -2.14. The second-order valence-electron chi connectivity index (χ2n) is 6.05. The molecule has 106 valence electrons. The molecule has 0 bridgehead atoms. The van der Waals surface area contributed by atoms with Crippen LogP contribution < -0.4 is 5.56 Å².